The molecule has 2 aromatic carbocycles. The summed E-state index contributed by atoms with van der Waals surface area (Å²) in [7, 11) is 0. The SMILES string of the molecule is Oc1cccc2ccccc12.[Na].[Na]. The third kappa shape index (κ3) is 2.98. The van der Waals surface area contributed by atoms with Crippen LogP contribution in [0.1, 0.15) is 0 Å². The fraction of sp³-hybridized carbons (Fsp3) is 0. The molecule has 2 rings (SSSR count). The van der Waals surface area contributed by atoms with Gasteiger partial charge in [0.1, 0.15) is 5.75 Å². The topological polar surface area (TPSA) is 20.2 Å². The quantitative estimate of drug-likeness (QED) is 0.628. The van der Waals surface area contributed by atoms with E-state index in [-0.39, 0.29) is 59.1 Å². The van der Waals surface area contributed by atoms with Crippen LogP contribution in [-0.4, -0.2) is 64.2 Å². The van der Waals surface area contributed by atoms with Crippen LogP contribution in [0.15, 0.2) is 42.5 Å². The van der Waals surface area contributed by atoms with Crippen molar-refractivity contribution in [3.63, 3.8) is 0 Å². The molecule has 56 valence electrons. The second kappa shape index (κ2) is 6.07. The predicted molar refractivity (Wildman–Crippen MR) is 57.1 cm³/mol. The Balaban J connectivity index is 0.000000720. The van der Waals surface area contributed by atoms with E-state index in [1.807, 2.05) is 36.4 Å². The van der Waals surface area contributed by atoms with Crippen LogP contribution in [0.2, 0.25) is 0 Å². The molecule has 3 heteroatoms. The standard InChI is InChI=1S/C10H8O.2Na/c11-10-7-3-5-8-4-1-2-6-9(8)10;;/h1-7,11H;;. The minimum absolute atomic E-state index is 0. The van der Waals surface area contributed by atoms with Crippen LogP contribution >= 0.6 is 0 Å². The first kappa shape index (κ1) is 13.5. The molecule has 13 heavy (non-hydrogen) atoms. The average molecular weight is 190 g/mol. The maximum Gasteiger partial charge on any atom is 0.123 e. The third-order valence-electron chi connectivity index (χ3n) is 1.77. The van der Waals surface area contributed by atoms with Gasteiger partial charge in [0.05, 0.1) is 0 Å². The molecule has 0 heterocycles. The van der Waals surface area contributed by atoms with E-state index in [0.717, 1.165) is 10.8 Å². The van der Waals surface area contributed by atoms with Gasteiger partial charge in [-0.15, -0.1) is 0 Å². The summed E-state index contributed by atoms with van der Waals surface area (Å²) in [5.74, 6) is 0.350. The van der Waals surface area contributed by atoms with Gasteiger partial charge in [-0.25, -0.2) is 0 Å². The number of fused-ring (bicyclic) bond motifs is 1. The molecule has 0 unspecified atom stereocenters. The van der Waals surface area contributed by atoms with Crippen LogP contribution < -0.4 is 0 Å². The van der Waals surface area contributed by atoms with E-state index in [9.17, 15) is 5.11 Å². The van der Waals surface area contributed by atoms with Gasteiger partial charge in [0.2, 0.25) is 0 Å². The number of phenols is 1. The second-order valence-corrected chi connectivity index (χ2v) is 2.50. The number of rotatable bonds is 0. The molecule has 0 spiro atoms. The zero-order chi connectivity index (χ0) is 7.68. The van der Waals surface area contributed by atoms with Crippen molar-refractivity contribution in [1.82, 2.24) is 0 Å². The molecule has 0 aromatic heterocycles. The van der Waals surface area contributed by atoms with E-state index in [1.54, 1.807) is 6.07 Å². The van der Waals surface area contributed by atoms with Gasteiger partial charge >= 0.3 is 0 Å². The molecule has 2 aromatic rings. The molecule has 1 nitrogen and oxygen atoms in total. The predicted octanol–water partition coefficient (Wildman–Crippen LogP) is 1.78. The summed E-state index contributed by atoms with van der Waals surface area (Å²) in [6.07, 6.45) is 0. The summed E-state index contributed by atoms with van der Waals surface area (Å²) < 4.78 is 0. The molecule has 0 saturated heterocycles. The third-order valence-corrected chi connectivity index (χ3v) is 1.77. The minimum atomic E-state index is 0. The molecule has 1 N–H and O–H groups in total. The first-order valence-electron chi connectivity index (χ1n) is 3.54. The van der Waals surface area contributed by atoms with Gasteiger partial charge in [-0.3, -0.25) is 0 Å². The van der Waals surface area contributed by atoms with Crippen LogP contribution in [0.5, 0.6) is 5.75 Å². The Morgan fingerprint density at radius 2 is 1.38 bits per heavy atom. The zero-order valence-electron chi connectivity index (χ0n) is 7.99. The fourth-order valence-electron chi connectivity index (χ4n) is 1.21. The number of benzene rings is 2. The van der Waals surface area contributed by atoms with Crippen LogP contribution in [-0.2, 0) is 0 Å². The van der Waals surface area contributed by atoms with Crippen molar-refractivity contribution in [3.05, 3.63) is 42.5 Å². The fourth-order valence-corrected chi connectivity index (χ4v) is 1.21. The summed E-state index contributed by atoms with van der Waals surface area (Å²) in [5, 5.41) is 11.4. The second-order valence-electron chi connectivity index (χ2n) is 2.50. The molecule has 0 fully saturated rings. The van der Waals surface area contributed by atoms with Crippen LogP contribution in [0, 0.1) is 0 Å². The van der Waals surface area contributed by atoms with Gasteiger partial charge in [-0.2, -0.15) is 0 Å². The molecule has 2 radical (unpaired) electrons. The van der Waals surface area contributed by atoms with Gasteiger partial charge in [0.15, 0.2) is 0 Å². The van der Waals surface area contributed by atoms with E-state index in [0.29, 0.717) is 5.75 Å². The van der Waals surface area contributed by atoms with Gasteiger partial charge in [-0.05, 0) is 11.5 Å². The van der Waals surface area contributed by atoms with Crippen molar-refractivity contribution in [1.29, 1.82) is 0 Å². The Labute approximate surface area is 122 Å². The summed E-state index contributed by atoms with van der Waals surface area (Å²) in [4.78, 5) is 0. The summed E-state index contributed by atoms with van der Waals surface area (Å²) in [5.41, 5.74) is 0. The van der Waals surface area contributed by atoms with Gasteiger partial charge < -0.3 is 5.11 Å². The molecular weight excluding hydrogens is 182 g/mol. The Morgan fingerprint density at radius 3 is 2.08 bits per heavy atom. The van der Waals surface area contributed by atoms with Crippen molar-refractivity contribution >= 4 is 69.9 Å². The maximum absolute atomic E-state index is 9.37. The van der Waals surface area contributed by atoms with Crippen molar-refractivity contribution in [2.75, 3.05) is 0 Å². The number of hydrogen-bond acceptors (Lipinski definition) is 1. The van der Waals surface area contributed by atoms with Crippen molar-refractivity contribution in [2.45, 2.75) is 0 Å². The minimum Gasteiger partial charge on any atom is -0.507 e. The molecule has 0 aliphatic heterocycles. The monoisotopic (exact) mass is 190 g/mol. The van der Waals surface area contributed by atoms with Gasteiger partial charge in [0.25, 0.3) is 0 Å². The normalized spacial score (nSPS) is 8.62. The van der Waals surface area contributed by atoms with Crippen molar-refractivity contribution in [2.24, 2.45) is 0 Å². The number of aromatic hydroxyl groups is 1. The summed E-state index contributed by atoms with van der Waals surface area (Å²) >= 11 is 0. The van der Waals surface area contributed by atoms with E-state index >= 15 is 0 Å². The van der Waals surface area contributed by atoms with E-state index in [4.69, 9.17) is 0 Å². The summed E-state index contributed by atoms with van der Waals surface area (Å²) in [6, 6.07) is 13.3. The largest absolute Gasteiger partial charge is 0.507 e. The van der Waals surface area contributed by atoms with E-state index < -0.39 is 0 Å². The maximum atomic E-state index is 9.37. The van der Waals surface area contributed by atoms with E-state index in [2.05, 4.69) is 0 Å². The van der Waals surface area contributed by atoms with E-state index in [1.165, 1.54) is 0 Å². The molecule has 0 saturated carbocycles. The first-order valence-corrected chi connectivity index (χ1v) is 3.54. The number of phenolic OH excluding ortho intramolecular Hbond substituents is 1. The summed E-state index contributed by atoms with van der Waals surface area (Å²) in [6.45, 7) is 0. The zero-order valence-corrected chi connectivity index (χ0v) is 12.0. The Morgan fingerprint density at radius 1 is 0.769 bits per heavy atom. The number of hydrogen-bond donors (Lipinski definition) is 1. The molecule has 0 bridgehead atoms. The van der Waals surface area contributed by atoms with Crippen LogP contribution in [0.3, 0.4) is 0 Å². The van der Waals surface area contributed by atoms with Crippen molar-refractivity contribution < 1.29 is 5.11 Å². The Kier molecular flexibility index (Phi) is 6.31. The van der Waals surface area contributed by atoms with Crippen molar-refractivity contribution in [3.8, 4) is 5.75 Å². The van der Waals surface area contributed by atoms with Crippen LogP contribution in [0.4, 0.5) is 0 Å². The smallest absolute Gasteiger partial charge is 0.123 e. The Bertz CT molecular complexity index is 382. The average Bonchev–Trinajstić information content (AvgIpc) is 2.06. The van der Waals surface area contributed by atoms with Gasteiger partial charge in [-0.1, -0.05) is 36.4 Å². The Hall–Kier alpha value is 0.500. The molecule has 0 amide bonds. The molecule has 0 aliphatic rings. The van der Waals surface area contributed by atoms with Crippen LogP contribution in [0.25, 0.3) is 10.8 Å². The first-order chi connectivity index (χ1) is 5.38. The molecule has 0 atom stereocenters. The molecular formula is C10H8Na2O. The molecule has 0 aliphatic carbocycles. The van der Waals surface area contributed by atoms with Gasteiger partial charge in [0, 0.05) is 64.5 Å².